The van der Waals surface area contributed by atoms with E-state index in [1.807, 2.05) is 0 Å². The lowest BCUT2D eigenvalue weighted by molar-refractivity contribution is 0.0873. The van der Waals surface area contributed by atoms with Crippen molar-refractivity contribution in [1.82, 2.24) is 10.2 Å². The smallest absolute Gasteiger partial charge is 0.0593 e. The van der Waals surface area contributed by atoms with Gasteiger partial charge in [-0.15, -0.1) is 0 Å². The first-order valence-electron chi connectivity index (χ1n) is 7.79. The van der Waals surface area contributed by atoms with Crippen LogP contribution in [0.2, 0.25) is 0 Å². The summed E-state index contributed by atoms with van der Waals surface area (Å²) in [5.41, 5.74) is 0. The first kappa shape index (κ1) is 15.9. The summed E-state index contributed by atoms with van der Waals surface area (Å²) in [5, 5.41) is 3.65. The maximum Gasteiger partial charge on any atom is 0.0593 e. The van der Waals surface area contributed by atoms with Gasteiger partial charge in [-0.1, -0.05) is 13.8 Å². The summed E-state index contributed by atoms with van der Waals surface area (Å²) >= 11 is 0. The molecule has 0 saturated heterocycles. The first-order chi connectivity index (χ1) is 8.77. The van der Waals surface area contributed by atoms with Crippen LogP contribution < -0.4 is 5.32 Å². The van der Waals surface area contributed by atoms with E-state index >= 15 is 0 Å². The molecule has 108 valence electrons. The van der Waals surface area contributed by atoms with E-state index in [4.69, 9.17) is 4.74 Å². The predicted octanol–water partition coefficient (Wildman–Crippen LogP) is 2.66. The minimum Gasteiger partial charge on any atom is -0.380 e. The van der Waals surface area contributed by atoms with Crippen molar-refractivity contribution >= 4 is 0 Å². The second-order valence-corrected chi connectivity index (χ2v) is 5.55. The zero-order valence-electron chi connectivity index (χ0n) is 12.6. The van der Waals surface area contributed by atoms with Gasteiger partial charge in [0.15, 0.2) is 0 Å². The van der Waals surface area contributed by atoms with Gasteiger partial charge in [0.25, 0.3) is 0 Å². The SMILES string of the molecule is CCCNC1CCC(N(C)CCOCCC)CC1. The van der Waals surface area contributed by atoms with E-state index in [9.17, 15) is 0 Å². The van der Waals surface area contributed by atoms with Crippen LogP contribution in [0, 0.1) is 0 Å². The highest BCUT2D eigenvalue weighted by molar-refractivity contribution is 4.81. The minimum atomic E-state index is 0.769. The lowest BCUT2D eigenvalue weighted by Gasteiger charge is -2.35. The molecule has 0 aromatic carbocycles. The maximum absolute atomic E-state index is 5.56. The number of likely N-dealkylation sites (N-methyl/N-ethyl adjacent to an activating group) is 1. The molecule has 0 atom stereocenters. The molecule has 1 aliphatic carbocycles. The Hall–Kier alpha value is -0.120. The summed E-state index contributed by atoms with van der Waals surface area (Å²) in [5.74, 6) is 0. The van der Waals surface area contributed by atoms with Crippen molar-refractivity contribution in [2.45, 2.75) is 64.5 Å². The van der Waals surface area contributed by atoms with Gasteiger partial charge in [0.1, 0.15) is 0 Å². The van der Waals surface area contributed by atoms with Crippen LogP contribution in [0.3, 0.4) is 0 Å². The van der Waals surface area contributed by atoms with Gasteiger partial charge in [0, 0.05) is 25.2 Å². The van der Waals surface area contributed by atoms with Crippen molar-refractivity contribution in [3.8, 4) is 0 Å². The van der Waals surface area contributed by atoms with Crippen molar-refractivity contribution in [2.75, 3.05) is 33.4 Å². The van der Waals surface area contributed by atoms with Crippen LogP contribution in [0.25, 0.3) is 0 Å². The molecule has 3 heteroatoms. The van der Waals surface area contributed by atoms with Crippen LogP contribution >= 0.6 is 0 Å². The van der Waals surface area contributed by atoms with Crippen molar-refractivity contribution < 1.29 is 4.74 Å². The molecule has 0 aromatic heterocycles. The standard InChI is InChI=1S/C15H32N2O/c1-4-10-16-14-6-8-15(9-7-14)17(3)11-13-18-12-5-2/h14-16H,4-13H2,1-3H3. The van der Waals surface area contributed by atoms with Gasteiger partial charge in [-0.25, -0.2) is 0 Å². The molecule has 1 saturated carbocycles. The van der Waals surface area contributed by atoms with Crippen LogP contribution in [0.1, 0.15) is 52.4 Å². The molecule has 1 N–H and O–H groups in total. The molecule has 1 fully saturated rings. The molecule has 0 bridgehead atoms. The second kappa shape index (κ2) is 9.76. The summed E-state index contributed by atoms with van der Waals surface area (Å²) in [4.78, 5) is 2.49. The van der Waals surface area contributed by atoms with E-state index in [1.54, 1.807) is 0 Å². The zero-order valence-corrected chi connectivity index (χ0v) is 12.6. The lowest BCUT2D eigenvalue weighted by atomic mass is 9.90. The molecule has 0 aliphatic heterocycles. The monoisotopic (exact) mass is 256 g/mol. The Bertz CT molecular complexity index is 191. The van der Waals surface area contributed by atoms with Crippen molar-refractivity contribution in [1.29, 1.82) is 0 Å². The number of ether oxygens (including phenoxy) is 1. The molecule has 0 unspecified atom stereocenters. The average molecular weight is 256 g/mol. The molecule has 1 rings (SSSR count). The second-order valence-electron chi connectivity index (χ2n) is 5.55. The average Bonchev–Trinajstić information content (AvgIpc) is 2.41. The molecular formula is C15H32N2O. The molecule has 0 radical (unpaired) electrons. The van der Waals surface area contributed by atoms with Gasteiger partial charge in [-0.05, 0) is 52.1 Å². The Balaban J connectivity index is 2.09. The third-order valence-corrected chi connectivity index (χ3v) is 3.94. The summed E-state index contributed by atoms with van der Waals surface area (Å²) < 4.78 is 5.56. The van der Waals surface area contributed by atoms with Gasteiger partial charge >= 0.3 is 0 Å². The zero-order chi connectivity index (χ0) is 13.2. The number of hydrogen-bond donors (Lipinski definition) is 1. The minimum absolute atomic E-state index is 0.769. The fourth-order valence-corrected chi connectivity index (χ4v) is 2.71. The molecule has 0 aromatic rings. The van der Waals surface area contributed by atoms with Gasteiger partial charge in [-0.2, -0.15) is 0 Å². The quantitative estimate of drug-likeness (QED) is 0.642. The molecule has 18 heavy (non-hydrogen) atoms. The largest absolute Gasteiger partial charge is 0.380 e. The van der Waals surface area contributed by atoms with Gasteiger partial charge < -0.3 is 15.0 Å². The number of rotatable bonds is 9. The number of nitrogens with one attached hydrogen (secondary N) is 1. The molecule has 0 spiro atoms. The normalized spacial score (nSPS) is 24.7. The Morgan fingerprint density at radius 3 is 2.39 bits per heavy atom. The van der Waals surface area contributed by atoms with E-state index in [0.717, 1.165) is 38.3 Å². The maximum atomic E-state index is 5.56. The van der Waals surface area contributed by atoms with Crippen molar-refractivity contribution in [3.05, 3.63) is 0 Å². The van der Waals surface area contributed by atoms with E-state index in [-0.39, 0.29) is 0 Å². The number of nitrogens with zero attached hydrogens (tertiary/aromatic N) is 1. The van der Waals surface area contributed by atoms with Crippen molar-refractivity contribution in [2.24, 2.45) is 0 Å². The Labute approximate surface area is 113 Å². The fourth-order valence-electron chi connectivity index (χ4n) is 2.71. The molecule has 3 nitrogen and oxygen atoms in total. The summed E-state index contributed by atoms with van der Waals surface area (Å²) in [6, 6.07) is 1.54. The topological polar surface area (TPSA) is 24.5 Å². The van der Waals surface area contributed by atoms with Crippen LogP contribution in [0.4, 0.5) is 0 Å². The molecule has 0 amide bonds. The van der Waals surface area contributed by atoms with Crippen LogP contribution in [0.15, 0.2) is 0 Å². The summed E-state index contributed by atoms with van der Waals surface area (Å²) in [7, 11) is 2.25. The molecule has 0 heterocycles. The molecule has 1 aliphatic rings. The van der Waals surface area contributed by atoms with Gasteiger partial charge in [-0.3, -0.25) is 0 Å². The van der Waals surface area contributed by atoms with E-state index in [0.29, 0.717) is 0 Å². The highest BCUT2D eigenvalue weighted by Gasteiger charge is 2.23. The van der Waals surface area contributed by atoms with Gasteiger partial charge in [0.05, 0.1) is 6.61 Å². The van der Waals surface area contributed by atoms with E-state index < -0.39 is 0 Å². The molecular weight excluding hydrogens is 224 g/mol. The fraction of sp³-hybridized carbons (Fsp3) is 1.00. The lowest BCUT2D eigenvalue weighted by Crippen LogP contribution is -2.42. The summed E-state index contributed by atoms with van der Waals surface area (Å²) in [6.45, 7) is 8.45. The Kier molecular flexibility index (Phi) is 8.64. The first-order valence-corrected chi connectivity index (χ1v) is 7.79. The third-order valence-electron chi connectivity index (χ3n) is 3.94. The Morgan fingerprint density at radius 2 is 1.78 bits per heavy atom. The highest BCUT2D eigenvalue weighted by Crippen LogP contribution is 2.22. The predicted molar refractivity (Wildman–Crippen MR) is 78.1 cm³/mol. The third kappa shape index (κ3) is 6.17. The van der Waals surface area contributed by atoms with E-state index in [2.05, 4.69) is 31.1 Å². The van der Waals surface area contributed by atoms with Crippen LogP contribution in [-0.2, 0) is 4.74 Å². The Morgan fingerprint density at radius 1 is 1.06 bits per heavy atom. The van der Waals surface area contributed by atoms with Crippen molar-refractivity contribution in [3.63, 3.8) is 0 Å². The summed E-state index contributed by atoms with van der Waals surface area (Å²) in [6.07, 6.45) is 7.72. The number of hydrogen-bond acceptors (Lipinski definition) is 3. The highest BCUT2D eigenvalue weighted by atomic mass is 16.5. The van der Waals surface area contributed by atoms with Gasteiger partial charge in [0.2, 0.25) is 0 Å². The van der Waals surface area contributed by atoms with Crippen LogP contribution in [0.5, 0.6) is 0 Å². The van der Waals surface area contributed by atoms with E-state index in [1.165, 1.54) is 38.6 Å². The van der Waals surface area contributed by atoms with Crippen LogP contribution in [-0.4, -0.2) is 50.3 Å².